The zero-order valence-corrected chi connectivity index (χ0v) is 14.7. The van der Waals surface area contributed by atoms with Crippen LogP contribution in [0.5, 0.6) is 5.75 Å². The Labute approximate surface area is 152 Å². The number of piperazine rings is 1. The second-order valence-electron chi connectivity index (χ2n) is 7.14. The number of pyridine rings is 1. The number of rotatable bonds is 4. The van der Waals surface area contributed by atoms with Crippen LogP contribution in [0, 0.1) is 17.6 Å². The Hall–Kier alpha value is -2.21. The molecular formula is C20H23F2N3O. The summed E-state index contributed by atoms with van der Waals surface area (Å²) < 4.78 is 31.8. The molecular weight excluding hydrogens is 336 g/mol. The molecule has 2 atom stereocenters. The molecule has 2 aromatic rings. The summed E-state index contributed by atoms with van der Waals surface area (Å²) in [5, 5.41) is 0. The summed E-state index contributed by atoms with van der Waals surface area (Å²) >= 11 is 0. The molecule has 1 aromatic heterocycles. The SMILES string of the molecule is Fc1ccc(OC[C@H]2CC[C@H]3CN(c4ccc(F)cn4)CCN3C2)cc1. The van der Waals surface area contributed by atoms with Gasteiger partial charge in [-0.3, -0.25) is 4.90 Å². The van der Waals surface area contributed by atoms with Crippen LogP contribution in [0.2, 0.25) is 0 Å². The first kappa shape index (κ1) is 17.2. The van der Waals surface area contributed by atoms with Crippen molar-refractivity contribution in [1.82, 2.24) is 9.88 Å². The third-order valence-electron chi connectivity index (χ3n) is 5.34. The maximum atomic E-state index is 13.1. The van der Waals surface area contributed by atoms with Gasteiger partial charge in [-0.05, 0) is 49.2 Å². The number of anilines is 1. The van der Waals surface area contributed by atoms with Gasteiger partial charge in [-0.25, -0.2) is 13.8 Å². The number of ether oxygens (including phenoxy) is 1. The molecule has 0 spiro atoms. The van der Waals surface area contributed by atoms with Crippen molar-refractivity contribution >= 4 is 5.82 Å². The molecule has 0 radical (unpaired) electrons. The summed E-state index contributed by atoms with van der Waals surface area (Å²) in [6.07, 6.45) is 3.52. The van der Waals surface area contributed by atoms with Crippen LogP contribution in [0.1, 0.15) is 12.8 Å². The first-order valence-electron chi connectivity index (χ1n) is 9.16. The van der Waals surface area contributed by atoms with Crippen LogP contribution in [-0.2, 0) is 0 Å². The maximum Gasteiger partial charge on any atom is 0.141 e. The maximum absolute atomic E-state index is 13.1. The lowest BCUT2D eigenvalue weighted by molar-refractivity contribution is 0.0727. The van der Waals surface area contributed by atoms with E-state index >= 15 is 0 Å². The molecule has 0 N–H and O–H groups in total. The average molecular weight is 359 g/mol. The number of halogens is 2. The minimum Gasteiger partial charge on any atom is -0.493 e. The van der Waals surface area contributed by atoms with Crippen molar-refractivity contribution in [2.75, 3.05) is 37.7 Å². The molecule has 2 saturated heterocycles. The molecule has 2 aliphatic rings. The van der Waals surface area contributed by atoms with Gasteiger partial charge in [-0.15, -0.1) is 0 Å². The van der Waals surface area contributed by atoms with E-state index in [1.165, 1.54) is 24.4 Å². The normalized spacial score (nSPS) is 23.5. The molecule has 4 rings (SSSR count). The lowest BCUT2D eigenvalue weighted by Crippen LogP contribution is -2.57. The quantitative estimate of drug-likeness (QED) is 0.837. The highest BCUT2D eigenvalue weighted by molar-refractivity contribution is 5.39. The molecule has 26 heavy (non-hydrogen) atoms. The molecule has 2 fully saturated rings. The number of hydrogen-bond donors (Lipinski definition) is 0. The van der Waals surface area contributed by atoms with Gasteiger partial charge in [-0.1, -0.05) is 0 Å². The molecule has 0 bridgehead atoms. The minimum atomic E-state index is -0.297. The Bertz CT molecular complexity index is 723. The Morgan fingerprint density at radius 2 is 1.77 bits per heavy atom. The summed E-state index contributed by atoms with van der Waals surface area (Å²) in [5.41, 5.74) is 0. The van der Waals surface area contributed by atoms with Crippen LogP contribution in [-0.4, -0.2) is 48.7 Å². The highest BCUT2D eigenvalue weighted by Crippen LogP contribution is 2.27. The van der Waals surface area contributed by atoms with Gasteiger partial charge >= 0.3 is 0 Å². The van der Waals surface area contributed by atoms with Crippen molar-refractivity contribution in [1.29, 1.82) is 0 Å². The Morgan fingerprint density at radius 3 is 2.54 bits per heavy atom. The highest BCUT2D eigenvalue weighted by Gasteiger charge is 2.33. The third-order valence-corrected chi connectivity index (χ3v) is 5.34. The topological polar surface area (TPSA) is 28.6 Å². The Kier molecular flexibility index (Phi) is 5.02. The predicted octanol–water partition coefficient (Wildman–Crippen LogP) is 3.34. The van der Waals surface area contributed by atoms with E-state index in [4.69, 9.17) is 4.74 Å². The second kappa shape index (κ2) is 7.58. The average Bonchev–Trinajstić information content (AvgIpc) is 2.67. The Balaban J connectivity index is 1.29. The monoisotopic (exact) mass is 359 g/mol. The van der Waals surface area contributed by atoms with Crippen LogP contribution in [0.3, 0.4) is 0 Å². The van der Waals surface area contributed by atoms with Crippen molar-refractivity contribution in [3.05, 3.63) is 54.2 Å². The number of hydrogen-bond acceptors (Lipinski definition) is 4. The zero-order chi connectivity index (χ0) is 17.9. The van der Waals surface area contributed by atoms with E-state index < -0.39 is 0 Å². The van der Waals surface area contributed by atoms with E-state index in [2.05, 4.69) is 14.8 Å². The van der Waals surface area contributed by atoms with Crippen LogP contribution in [0.15, 0.2) is 42.6 Å². The smallest absolute Gasteiger partial charge is 0.141 e. The van der Waals surface area contributed by atoms with Crippen LogP contribution in [0.25, 0.3) is 0 Å². The van der Waals surface area contributed by atoms with E-state index in [1.54, 1.807) is 18.2 Å². The third kappa shape index (κ3) is 3.96. The number of fused-ring (bicyclic) bond motifs is 1. The van der Waals surface area contributed by atoms with Crippen molar-refractivity contribution in [3.8, 4) is 5.75 Å². The van der Waals surface area contributed by atoms with Crippen molar-refractivity contribution in [2.24, 2.45) is 5.92 Å². The van der Waals surface area contributed by atoms with Crippen molar-refractivity contribution in [3.63, 3.8) is 0 Å². The fourth-order valence-electron chi connectivity index (χ4n) is 3.90. The molecule has 0 unspecified atom stereocenters. The number of piperidine rings is 1. The largest absolute Gasteiger partial charge is 0.493 e. The van der Waals surface area contributed by atoms with Gasteiger partial charge in [0.1, 0.15) is 23.2 Å². The van der Waals surface area contributed by atoms with Gasteiger partial charge in [-0.2, -0.15) is 0 Å². The van der Waals surface area contributed by atoms with E-state index in [0.717, 1.165) is 50.6 Å². The lowest BCUT2D eigenvalue weighted by atomic mass is 9.91. The first-order chi connectivity index (χ1) is 12.7. The van der Waals surface area contributed by atoms with E-state index in [-0.39, 0.29) is 11.6 Å². The Morgan fingerprint density at radius 1 is 0.962 bits per heavy atom. The van der Waals surface area contributed by atoms with Gasteiger partial charge in [0, 0.05) is 38.1 Å². The molecule has 6 heteroatoms. The number of benzene rings is 1. The lowest BCUT2D eigenvalue weighted by Gasteiger charge is -2.46. The molecule has 3 heterocycles. The molecule has 1 aromatic carbocycles. The van der Waals surface area contributed by atoms with E-state index in [0.29, 0.717) is 18.6 Å². The first-order valence-corrected chi connectivity index (χ1v) is 9.16. The second-order valence-corrected chi connectivity index (χ2v) is 7.14. The van der Waals surface area contributed by atoms with Crippen molar-refractivity contribution < 1.29 is 13.5 Å². The van der Waals surface area contributed by atoms with Crippen LogP contribution in [0.4, 0.5) is 14.6 Å². The molecule has 0 saturated carbocycles. The summed E-state index contributed by atoms with van der Waals surface area (Å²) in [7, 11) is 0. The van der Waals surface area contributed by atoms with Crippen LogP contribution < -0.4 is 9.64 Å². The molecule has 0 aliphatic carbocycles. The zero-order valence-electron chi connectivity index (χ0n) is 14.7. The van der Waals surface area contributed by atoms with Crippen LogP contribution >= 0.6 is 0 Å². The van der Waals surface area contributed by atoms with Crippen molar-refractivity contribution in [2.45, 2.75) is 18.9 Å². The standard InChI is InChI=1S/C20H23F2N3O/c21-16-2-6-19(7-3-16)26-14-15-1-5-18-13-25(10-9-24(18)12-15)20-8-4-17(22)11-23-20/h2-4,6-8,11,15,18H,1,5,9-10,12-14H2/t15-,18-/m0/s1. The van der Waals surface area contributed by atoms with Gasteiger partial charge in [0.05, 0.1) is 12.8 Å². The van der Waals surface area contributed by atoms with Gasteiger partial charge in [0.2, 0.25) is 0 Å². The summed E-state index contributed by atoms with van der Waals surface area (Å²) in [5.74, 6) is 1.53. The highest BCUT2D eigenvalue weighted by atomic mass is 19.1. The van der Waals surface area contributed by atoms with Gasteiger partial charge in [0.25, 0.3) is 0 Å². The number of nitrogens with zero attached hydrogens (tertiary/aromatic N) is 3. The fraction of sp³-hybridized carbons (Fsp3) is 0.450. The summed E-state index contributed by atoms with van der Waals surface area (Å²) in [6.45, 7) is 4.51. The molecule has 4 nitrogen and oxygen atoms in total. The van der Waals surface area contributed by atoms with Gasteiger partial charge < -0.3 is 9.64 Å². The minimum absolute atomic E-state index is 0.244. The van der Waals surface area contributed by atoms with E-state index in [9.17, 15) is 8.78 Å². The summed E-state index contributed by atoms with van der Waals surface area (Å²) in [6, 6.07) is 9.94. The number of aromatic nitrogens is 1. The molecule has 2 aliphatic heterocycles. The fourth-order valence-corrected chi connectivity index (χ4v) is 3.90. The van der Waals surface area contributed by atoms with E-state index in [1.807, 2.05) is 0 Å². The molecule has 138 valence electrons. The predicted molar refractivity (Wildman–Crippen MR) is 96.4 cm³/mol. The van der Waals surface area contributed by atoms with Gasteiger partial charge in [0.15, 0.2) is 0 Å². The molecule has 0 amide bonds. The summed E-state index contributed by atoms with van der Waals surface area (Å²) in [4.78, 5) is 8.99.